The van der Waals surface area contributed by atoms with Gasteiger partial charge in [0.1, 0.15) is 0 Å². The van der Waals surface area contributed by atoms with Gasteiger partial charge in [-0.2, -0.15) is 25.9 Å². The molecule has 0 radical (unpaired) electrons. The Morgan fingerprint density at radius 2 is 2.05 bits per heavy atom. The molecular weight excluding hydrogens is 283 g/mol. The van der Waals surface area contributed by atoms with Crippen molar-refractivity contribution in [1.82, 2.24) is 9.03 Å². The Morgan fingerprint density at radius 1 is 1.37 bits per heavy atom. The molecule has 0 saturated carbocycles. The molecular formula is C10H20F3N3O2S. The highest BCUT2D eigenvalue weighted by Crippen LogP contribution is 2.21. The average molecular weight is 303 g/mol. The van der Waals surface area contributed by atoms with Crippen LogP contribution in [-0.2, 0) is 10.2 Å². The monoisotopic (exact) mass is 303 g/mol. The molecule has 9 heteroatoms. The topological polar surface area (TPSA) is 75.4 Å². The zero-order chi connectivity index (χ0) is 14.5. The van der Waals surface area contributed by atoms with Crippen LogP contribution in [0, 0.1) is 5.92 Å². The second kappa shape index (κ2) is 6.87. The van der Waals surface area contributed by atoms with E-state index in [1.165, 1.54) is 4.31 Å². The molecule has 1 fully saturated rings. The molecule has 114 valence electrons. The molecule has 1 rings (SSSR count). The number of hydrogen-bond acceptors (Lipinski definition) is 3. The Bertz CT molecular complexity index is 373. The van der Waals surface area contributed by atoms with Gasteiger partial charge < -0.3 is 5.73 Å². The van der Waals surface area contributed by atoms with Gasteiger partial charge in [-0.25, -0.2) is 4.72 Å². The maximum atomic E-state index is 11.9. The van der Waals surface area contributed by atoms with E-state index in [-0.39, 0.29) is 18.9 Å². The molecule has 0 aliphatic carbocycles. The first-order chi connectivity index (χ1) is 8.74. The zero-order valence-electron chi connectivity index (χ0n) is 10.6. The lowest BCUT2D eigenvalue weighted by Gasteiger charge is -2.31. The maximum Gasteiger partial charge on any atom is 0.389 e. The van der Waals surface area contributed by atoms with E-state index in [4.69, 9.17) is 5.73 Å². The molecule has 19 heavy (non-hydrogen) atoms. The van der Waals surface area contributed by atoms with Gasteiger partial charge in [-0.05, 0) is 31.7 Å². The Morgan fingerprint density at radius 3 is 2.63 bits per heavy atom. The summed E-state index contributed by atoms with van der Waals surface area (Å²) < 4.78 is 63.0. The standard InChI is InChI=1S/C10H20F3N3O2S/c11-10(12,13)4-2-5-15-19(17,18)16-6-1-3-9(7-14)8-16/h9,15H,1-8,14H2. The van der Waals surface area contributed by atoms with E-state index >= 15 is 0 Å². The minimum Gasteiger partial charge on any atom is -0.330 e. The molecule has 1 saturated heterocycles. The highest BCUT2D eigenvalue weighted by Gasteiger charge is 2.29. The number of halogens is 3. The molecule has 1 aliphatic heterocycles. The average Bonchev–Trinajstić information content (AvgIpc) is 2.34. The van der Waals surface area contributed by atoms with Crippen molar-refractivity contribution in [3.8, 4) is 0 Å². The largest absolute Gasteiger partial charge is 0.389 e. The number of nitrogens with one attached hydrogen (secondary N) is 1. The number of rotatable bonds is 6. The van der Waals surface area contributed by atoms with Crippen molar-refractivity contribution < 1.29 is 21.6 Å². The minimum atomic E-state index is -4.25. The highest BCUT2D eigenvalue weighted by molar-refractivity contribution is 7.87. The Balaban J connectivity index is 2.38. The number of nitrogens with zero attached hydrogens (tertiary/aromatic N) is 1. The smallest absolute Gasteiger partial charge is 0.330 e. The van der Waals surface area contributed by atoms with Crippen LogP contribution in [-0.4, -0.2) is 45.1 Å². The third-order valence-corrected chi connectivity index (χ3v) is 4.66. The number of hydrogen-bond donors (Lipinski definition) is 2. The molecule has 1 heterocycles. The number of alkyl halides is 3. The molecule has 5 nitrogen and oxygen atoms in total. The van der Waals surface area contributed by atoms with Crippen molar-refractivity contribution in [2.24, 2.45) is 11.7 Å². The van der Waals surface area contributed by atoms with Gasteiger partial charge in [-0.3, -0.25) is 0 Å². The normalized spacial score (nSPS) is 22.6. The molecule has 0 amide bonds. The third kappa shape index (κ3) is 6.07. The number of piperidine rings is 1. The predicted octanol–water partition coefficient (Wildman–Crippen LogP) is 0.834. The summed E-state index contributed by atoms with van der Waals surface area (Å²) in [6.45, 7) is 0.946. The second-order valence-corrected chi connectivity index (χ2v) is 6.48. The lowest BCUT2D eigenvalue weighted by atomic mass is 10.0. The van der Waals surface area contributed by atoms with E-state index in [0.29, 0.717) is 19.6 Å². The fourth-order valence-electron chi connectivity index (χ4n) is 2.02. The van der Waals surface area contributed by atoms with Crippen LogP contribution in [0.1, 0.15) is 25.7 Å². The van der Waals surface area contributed by atoms with Crippen LogP contribution in [0.5, 0.6) is 0 Å². The van der Waals surface area contributed by atoms with Crippen molar-refractivity contribution in [1.29, 1.82) is 0 Å². The maximum absolute atomic E-state index is 11.9. The first-order valence-electron chi connectivity index (χ1n) is 6.26. The summed E-state index contributed by atoms with van der Waals surface area (Å²) >= 11 is 0. The van der Waals surface area contributed by atoms with Gasteiger partial charge in [0.2, 0.25) is 0 Å². The summed E-state index contributed by atoms with van der Waals surface area (Å²) in [5.74, 6) is 0.125. The predicted molar refractivity (Wildman–Crippen MR) is 65.6 cm³/mol. The molecule has 1 aliphatic rings. The van der Waals surface area contributed by atoms with Crippen LogP contribution in [0.15, 0.2) is 0 Å². The lowest BCUT2D eigenvalue weighted by molar-refractivity contribution is -0.135. The van der Waals surface area contributed by atoms with Gasteiger partial charge in [0.15, 0.2) is 0 Å². The van der Waals surface area contributed by atoms with Gasteiger partial charge in [0.05, 0.1) is 0 Å². The van der Waals surface area contributed by atoms with Gasteiger partial charge >= 0.3 is 6.18 Å². The summed E-state index contributed by atoms with van der Waals surface area (Å²) in [5, 5.41) is 0. The zero-order valence-corrected chi connectivity index (χ0v) is 11.4. The van der Waals surface area contributed by atoms with Crippen LogP contribution >= 0.6 is 0 Å². The van der Waals surface area contributed by atoms with E-state index in [2.05, 4.69) is 4.72 Å². The van der Waals surface area contributed by atoms with E-state index in [1.54, 1.807) is 0 Å². The third-order valence-electron chi connectivity index (χ3n) is 3.08. The quantitative estimate of drug-likeness (QED) is 0.714. The molecule has 0 bridgehead atoms. The van der Waals surface area contributed by atoms with Crippen LogP contribution in [0.2, 0.25) is 0 Å². The SMILES string of the molecule is NCC1CCCN(S(=O)(=O)NCCCC(F)(F)F)C1. The lowest BCUT2D eigenvalue weighted by Crippen LogP contribution is -2.47. The fraction of sp³-hybridized carbons (Fsp3) is 1.00. The molecule has 1 unspecified atom stereocenters. The molecule has 3 N–H and O–H groups in total. The second-order valence-electron chi connectivity index (χ2n) is 4.72. The highest BCUT2D eigenvalue weighted by atomic mass is 32.2. The first-order valence-corrected chi connectivity index (χ1v) is 7.70. The molecule has 1 atom stereocenters. The summed E-state index contributed by atoms with van der Waals surface area (Å²) in [6, 6.07) is 0. The Kier molecular flexibility index (Phi) is 6.03. The van der Waals surface area contributed by atoms with Crippen molar-refractivity contribution in [3.63, 3.8) is 0 Å². The van der Waals surface area contributed by atoms with E-state index in [9.17, 15) is 21.6 Å². The van der Waals surface area contributed by atoms with Gasteiger partial charge in [0.25, 0.3) is 10.2 Å². The van der Waals surface area contributed by atoms with Gasteiger partial charge in [-0.15, -0.1) is 0 Å². The summed E-state index contributed by atoms with van der Waals surface area (Å²) in [6.07, 6.45) is -3.87. The molecule has 0 aromatic heterocycles. The van der Waals surface area contributed by atoms with Crippen LogP contribution in [0.3, 0.4) is 0 Å². The molecule has 0 spiro atoms. The van der Waals surface area contributed by atoms with Crippen molar-refractivity contribution in [2.75, 3.05) is 26.2 Å². The first kappa shape index (κ1) is 16.7. The molecule has 0 aromatic carbocycles. The summed E-state index contributed by atoms with van der Waals surface area (Å²) in [4.78, 5) is 0. The van der Waals surface area contributed by atoms with Crippen molar-refractivity contribution in [3.05, 3.63) is 0 Å². The van der Waals surface area contributed by atoms with E-state index in [1.807, 2.05) is 0 Å². The van der Waals surface area contributed by atoms with E-state index in [0.717, 1.165) is 12.8 Å². The Labute approximate surface area is 111 Å². The summed E-state index contributed by atoms with van der Waals surface area (Å²) in [7, 11) is -3.68. The fourth-order valence-corrected chi connectivity index (χ4v) is 3.38. The minimum absolute atomic E-state index is 0.125. The number of nitrogens with two attached hydrogens (primary N) is 1. The van der Waals surface area contributed by atoms with Crippen LogP contribution < -0.4 is 10.5 Å². The van der Waals surface area contributed by atoms with Gasteiger partial charge in [-0.1, -0.05) is 0 Å². The van der Waals surface area contributed by atoms with Crippen molar-refractivity contribution >= 4 is 10.2 Å². The van der Waals surface area contributed by atoms with E-state index < -0.39 is 22.8 Å². The van der Waals surface area contributed by atoms with Gasteiger partial charge in [0, 0.05) is 26.1 Å². The Hall–Kier alpha value is -0.380. The van der Waals surface area contributed by atoms with Crippen molar-refractivity contribution in [2.45, 2.75) is 31.9 Å². The summed E-state index contributed by atoms with van der Waals surface area (Å²) in [5.41, 5.74) is 5.51. The van der Waals surface area contributed by atoms with Crippen LogP contribution in [0.25, 0.3) is 0 Å². The van der Waals surface area contributed by atoms with Crippen LogP contribution in [0.4, 0.5) is 13.2 Å². The molecule has 0 aromatic rings.